The number of carbonyl (C=O) groups is 2. The second kappa shape index (κ2) is 6.29. The van der Waals surface area contributed by atoms with Gasteiger partial charge >= 0.3 is 6.03 Å². The number of fused-ring (bicyclic) bond motifs is 1. The summed E-state index contributed by atoms with van der Waals surface area (Å²) in [7, 11) is 0. The van der Waals surface area contributed by atoms with Crippen LogP contribution in [0.25, 0.3) is 0 Å². The second-order valence-electron chi connectivity index (χ2n) is 5.93. The molecule has 4 rings (SSSR count). The zero-order valence-corrected chi connectivity index (χ0v) is 14.0. The molecule has 0 bridgehead atoms. The van der Waals surface area contributed by atoms with E-state index in [0.29, 0.717) is 28.5 Å². The summed E-state index contributed by atoms with van der Waals surface area (Å²) in [6.45, 7) is 0.243. The van der Waals surface area contributed by atoms with E-state index < -0.39 is 12.1 Å². The third-order valence-electron chi connectivity index (χ3n) is 4.22. The van der Waals surface area contributed by atoms with E-state index in [1.807, 2.05) is 30.3 Å². The summed E-state index contributed by atoms with van der Waals surface area (Å²) >= 11 is 6.16. The number of ether oxygens (including phenoxy) is 2. The van der Waals surface area contributed by atoms with Crippen LogP contribution in [0.1, 0.15) is 11.1 Å². The molecule has 3 amide bonds. The maximum absolute atomic E-state index is 12.6. The Morgan fingerprint density at radius 1 is 1.12 bits per heavy atom. The molecular weight excluding hydrogens is 344 g/mol. The molecule has 7 heteroatoms. The average molecular weight is 359 g/mol. The molecule has 1 atom stereocenters. The standard InChI is InChI=1S/C18H15ClN2O4/c19-13-6-12(8-15-16(13)25-10-24-15)9-21-17(22)14(20-18(21)23)7-11-4-2-1-3-5-11/h1-6,8,14H,7,9-10H2,(H,20,23)/t14-/m0/s1. The van der Waals surface area contributed by atoms with Crippen LogP contribution >= 0.6 is 11.6 Å². The van der Waals surface area contributed by atoms with Gasteiger partial charge in [0.05, 0.1) is 11.6 Å². The first-order chi connectivity index (χ1) is 12.1. The van der Waals surface area contributed by atoms with Crippen molar-refractivity contribution in [3.63, 3.8) is 0 Å². The van der Waals surface area contributed by atoms with E-state index in [2.05, 4.69) is 5.32 Å². The first kappa shape index (κ1) is 15.8. The topological polar surface area (TPSA) is 67.9 Å². The molecule has 0 radical (unpaired) electrons. The van der Waals surface area contributed by atoms with Crippen LogP contribution in [-0.2, 0) is 17.8 Å². The zero-order valence-electron chi connectivity index (χ0n) is 13.2. The highest BCUT2D eigenvalue weighted by atomic mass is 35.5. The van der Waals surface area contributed by atoms with Gasteiger partial charge in [-0.3, -0.25) is 9.69 Å². The van der Waals surface area contributed by atoms with Crippen LogP contribution in [0.4, 0.5) is 4.79 Å². The van der Waals surface area contributed by atoms with Gasteiger partial charge in [-0.05, 0) is 23.3 Å². The van der Waals surface area contributed by atoms with E-state index in [1.165, 1.54) is 4.90 Å². The molecule has 1 fully saturated rings. The molecule has 128 valence electrons. The van der Waals surface area contributed by atoms with Crippen LogP contribution in [0.15, 0.2) is 42.5 Å². The predicted molar refractivity (Wildman–Crippen MR) is 90.6 cm³/mol. The molecule has 0 unspecified atom stereocenters. The molecular formula is C18H15ClN2O4. The predicted octanol–water partition coefficient (Wildman–Crippen LogP) is 2.73. The molecule has 2 aromatic rings. The summed E-state index contributed by atoms with van der Waals surface area (Å²) in [5.41, 5.74) is 1.70. The van der Waals surface area contributed by atoms with Crippen molar-refractivity contribution >= 4 is 23.5 Å². The number of hydrogen-bond donors (Lipinski definition) is 1. The largest absolute Gasteiger partial charge is 0.454 e. The molecule has 0 spiro atoms. The van der Waals surface area contributed by atoms with Crippen molar-refractivity contribution in [1.29, 1.82) is 0 Å². The van der Waals surface area contributed by atoms with Gasteiger partial charge in [-0.1, -0.05) is 41.9 Å². The van der Waals surface area contributed by atoms with Crippen LogP contribution in [-0.4, -0.2) is 29.7 Å². The fourth-order valence-electron chi connectivity index (χ4n) is 3.01. The van der Waals surface area contributed by atoms with Gasteiger partial charge in [-0.15, -0.1) is 0 Å². The lowest BCUT2D eigenvalue weighted by atomic mass is 10.1. The maximum Gasteiger partial charge on any atom is 0.325 e. The molecule has 2 aliphatic heterocycles. The number of benzene rings is 2. The van der Waals surface area contributed by atoms with Crippen molar-refractivity contribution in [2.75, 3.05) is 6.79 Å². The fraction of sp³-hybridized carbons (Fsp3) is 0.222. The highest BCUT2D eigenvalue weighted by Crippen LogP contribution is 2.40. The van der Waals surface area contributed by atoms with E-state index in [1.54, 1.807) is 12.1 Å². The molecule has 25 heavy (non-hydrogen) atoms. The van der Waals surface area contributed by atoms with Crippen molar-refractivity contribution in [2.24, 2.45) is 0 Å². The molecule has 2 aliphatic rings. The number of nitrogens with one attached hydrogen (secondary N) is 1. The van der Waals surface area contributed by atoms with Crippen molar-refractivity contribution in [2.45, 2.75) is 19.0 Å². The SMILES string of the molecule is O=C1N[C@@H](Cc2ccccc2)C(=O)N1Cc1cc(Cl)c2c(c1)OCO2. The van der Waals surface area contributed by atoms with Crippen molar-refractivity contribution in [3.05, 3.63) is 58.6 Å². The molecule has 0 aromatic heterocycles. The zero-order chi connectivity index (χ0) is 17.4. The highest BCUT2D eigenvalue weighted by molar-refractivity contribution is 6.32. The number of imide groups is 1. The van der Waals surface area contributed by atoms with Gasteiger partial charge in [-0.2, -0.15) is 0 Å². The minimum absolute atomic E-state index is 0.112. The maximum atomic E-state index is 12.6. The van der Waals surface area contributed by atoms with Crippen LogP contribution < -0.4 is 14.8 Å². The van der Waals surface area contributed by atoms with E-state index in [0.717, 1.165) is 5.56 Å². The van der Waals surface area contributed by atoms with Gasteiger partial charge in [0.2, 0.25) is 6.79 Å². The monoisotopic (exact) mass is 358 g/mol. The van der Waals surface area contributed by atoms with Gasteiger partial charge in [-0.25, -0.2) is 4.79 Å². The molecule has 0 saturated carbocycles. The molecule has 2 heterocycles. The number of nitrogens with zero attached hydrogens (tertiary/aromatic N) is 1. The highest BCUT2D eigenvalue weighted by Gasteiger charge is 2.38. The van der Waals surface area contributed by atoms with E-state index in [9.17, 15) is 9.59 Å². The smallest absolute Gasteiger partial charge is 0.325 e. The summed E-state index contributed by atoms with van der Waals surface area (Å²) in [4.78, 5) is 26.0. The van der Waals surface area contributed by atoms with Crippen molar-refractivity contribution in [1.82, 2.24) is 10.2 Å². The first-order valence-corrected chi connectivity index (χ1v) is 8.23. The lowest BCUT2D eigenvalue weighted by Gasteiger charge is -2.14. The molecule has 1 saturated heterocycles. The van der Waals surface area contributed by atoms with E-state index in [4.69, 9.17) is 21.1 Å². The molecule has 2 aromatic carbocycles. The summed E-state index contributed by atoms with van der Waals surface area (Å²) in [5.74, 6) is 0.766. The number of carbonyl (C=O) groups excluding carboxylic acids is 2. The summed E-state index contributed by atoms with van der Waals surface area (Å²) in [6, 6.07) is 12.0. The third-order valence-corrected chi connectivity index (χ3v) is 4.50. The van der Waals surface area contributed by atoms with E-state index in [-0.39, 0.29) is 19.2 Å². The summed E-state index contributed by atoms with van der Waals surface area (Å²) < 4.78 is 10.6. The lowest BCUT2D eigenvalue weighted by Crippen LogP contribution is -2.32. The Hall–Kier alpha value is -2.73. The average Bonchev–Trinajstić information content (AvgIpc) is 3.17. The van der Waals surface area contributed by atoms with Gasteiger partial charge in [0.25, 0.3) is 5.91 Å². The van der Waals surface area contributed by atoms with Gasteiger partial charge in [0, 0.05) is 6.42 Å². The quantitative estimate of drug-likeness (QED) is 0.853. The third kappa shape index (κ3) is 3.00. The minimum Gasteiger partial charge on any atom is -0.454 e. The van der Waals surface area contributed by atoms with Crippen molar-refractivity contribution in [3.8, 4) is 11.5 Å². The number of urea groups is 1. The lowest BCUT2D eigenvalue weighted by molar-refractivity contribution is -0.127. The molecule has 6 nitrogen and oxygen atoms in total. The molecule has 1 N–H and O–H groups in total. The van der Waals surface area contributed by atoms with Gasteiger partial charge in [0.15, 0.2) is 11.5 Å². The number of hydrogen-bond acceptors (Lipinski definition) is 4. The van der Waals surface area contributed by atoms with Gasteiger partial charge < -0.3 is 14.8 Å². The molecule has 0 aliphatic carbocycles. The number of rotatable bonds is 4. The van der Waals surface area contributed by atoms with Crippen LogP contribution in [0.2, 0.25) is 5.02 Å². The first-order valence-electron chi connectivity index (χ1n) is 7.85. The Morgan fingerprint density at radius 2 is 1.92 bits per heavy atom. The Labute approximate surface area is 149 Å². The second-order valence-corrected chi connectivity index (χ2v) is 6.33. The Bertz CT molecular complexity index is 840. The van der Waals surface area contributed by atoms with E-state index >= 15 is 0 Å². The van der Waals surface area contributed by atoms with Crippen LogP contribution in [0, 0.1) is 0 Å². The number of amides is 3. The Kier molecular flexibility index (Phi) is 3.97. The number of halogens is 1. The summed E-state index contributed by atoms with van der Waals surface area (Å²) in [6.07, 6.45) is 0.462. The normalized spacial score (nSPS) is 18.6. The van der Waals surface area contributed by atoms with Crippen LogP contribution in [0.5, 0.6) is 11.5 Å². The van der Waals surface area contributed by atoms with Crippen molar-refractivity contribution < 1.29 is 19.1 Å². The van der Waals surface area contributed by atoms with Crippen LogP contribution in [0.3, 0.4) is 0 Å². The fourth-order valence-corrected chi connectivity index (χ4v) is 3.30. The van der Waals surface area contributed by atoms with Gasteiger partial charge in [0.1, 0.15) is 6.04 Å². The Morgan fingerprint density at radius 3 is 2.72 bits per heavy atom. The summed E-state index contributed by atoms with van der Waals surface area (Å²) in [5, 5.41) is 3.14. The minimum atomic E-state index is -0.556. The Balaban J connectivity index is 1.50.